The number of carboxylic acids is 1. The number of carbonyl (C=O) groups is 1. The number of hydrogen-bond donors (Lipinski definition) is 2. The molecule has 0 aliphatic rings. The number of aliphatic carboxylic acids is 1. The Balaban J connectivity index is 2.83. The van der Waals surface area contributed by atoms with Crippen LogP contribution < -0.4 is 0 Å². The van der Waals surface area contributed by atoms with Gasteiger partial charge in [0.05, 0.1) is 6.42 Å². The maximum atomic E-state index is 9.52. The molecule has 0 aliphatic heterocycles. The minimum Gasteiger partial charge on any atom is -0.481 e. The zero-order valence-corrected chi connectivity index (χ0v) is 3.98. The van der Waals surface area contributed by atoms with Gasteiger partial charge in [-0.25, -0.2) is 0 Å². The summed E-state index contributed by atoms with van der Waals surface area (Å²) >= 11 is 3.55. The lowest BCUT2D eigenvalue weighted by Crippen LogP contribution is -1.90. The second-order valence-electron chi connectivity index (χ2n) is 0.780. The predicted molar refractivity (Wildman–Crippen MR) is 25.5 cm³/mol. The molecule has 0 rings (SSSR count). The molecule has 0 atom stereocenters. The standard InChI is InChI=1S/C3H5O2S/c4-3(5)1-2-6/h2,6H,1H2,(H,4,5). The monoisotopic (exact) mass is 105 g/mol. The molecule has 0 unspecified atom stereocenters. The summed E-state index contributed by atoms with van der Waals surface area (Å²) in [6.07, 6.45) is 0.0309. The molecule has 0 aliphatic carbocycles. The van der Waals surface area contributed by atoms with E-state index in [1.807, 2.05) is 0 Å². The Kier molecular flexibility index (Phi) is 2.94. The van der Waals surface area contributed by atoms with E-state index >= 15 is 0 Å². The van der Waals surface area contributed by atoms with E-state index in [-0.39, 0.29) is 6.42 Å². The smallest absolute Gasteiger partial charge is 0.304 e. The van der Waals surface area contributed by atoms with Gasteiger partial charge >= 0.3 is 5.97 Å². The lowest BCUT2D eigenvalue weighted by atomic mass is 10.5. The van der Waals surface area contributed by atoms with Gasteiger partial charge in [0.2, 0.25) is 0 Å². The molecule has 1 N–H and O–H groups in total. The zero-order valence-electron chi connectivity index (χ0n) is 3.09. The van der Waals surface area contributed by atoms with E-state index in [2.05, 4.69) is 12.6 Å². The molecule has 3 heteroatoms. The molecule has 0 spiro atoms. The number of thiol groups is 1. The number of carboxylic acid groups (broad SMARTS) is 1. The summed E-state index contributed by atoms with van der Waals surface area (Å²) in [7, 11) is 0. The highest BCUT2D eigenvalue weighted by molar-refractivity contribution is 7.82. The van der Waals surface area contributed by atoms with Gasteiger partial charge in [-0.05, 0) is 0 Å². The van der Waals surface area contributed by atoms with Crippen molar-refractivity contribution in [3.05, 3.63) is 5.75 Å². The van der Waals surface area contributed by atoms with Crippen molar-refractivity contribution in [2.24, 2.45) is 0 Å². The molecule has 0 aromatic carbocycles. The van der Waals surface area contributed by atoms with E-state index in [1.54, 1.807) is 0 Å². The SMILES string of the molecule is O=C(O)C[CH]S. The van der Waals surface area contributed by atoms with Crippen LogP contribution in [0, 0.1) is 5.75 Å². The molecular formula is C3H5O2S. The molecule has 0 fully saturated rings. The van der Waals surface area contributed by atoms with E-state index in [9.17, 15) is 4.79 Å². The van der Waals surface area contributed by atoms with Crippen LogP contribution in [0.5, 0.6) is 0 Å². The molecule has 35 valence electrons. The Morgan fingerprint density at radius 2 is 2.50 bits per heavy atom. The number of hydrogen-bond acceptors (Lipinski definition) is 2. The van der Waals surface area contributed by atoms with Crippen molar-refractivity contribution in [3.8, 4) is 0 Å². The normalized spacial score (nSPS) is 8.17. The Morgan fingerprint density at radius 1 is 2.00 bits per heavy atom. The van der Waals surface area contributed by atoms with Crippen LogP contribution in [0.15, 0.2) is 0 Å². The van der Waals surface area contributed by atoms with Gasteiger partial charge in [-0.3, -0.25) is 4.79 Å². The largest absolute Gasteiger partial charge is 0.481 e. The molecule has 6 heavy (non-hydrogen) atoms. The first-order valence-electron chi connectivity index (χ1n) is 1.45. The van der Waals surface area contributed by atoms with Gasteiger partial charge in [-0.15, -0.1) is 0 Å². The zero-order chi connectivity index (χ0) is 4.99. The molecule has 0 saturated carbocycles. The quantitative estimate of drug-likeness (QED) is 0.503. The Morgan fingerprint density at radius 3 is 2.50 bits per heavy atom. The van der Waals surface area contributed by atoms with Crippen LogP contribution in [-0.2, 0) is 4.79 Å². The maximum Gasteiger partial charge on any atom is 0.304 e. The molecule has 0 aromatic heterocycles. The van der Waals surface area contributed by atoms with Crippen LogP contribution in [0.1, 0.15) is 6.42 Å². The fourth-order valence-electron chi connectivity index (χ4n) is 0.0781. The molecule has 0 aromatic rings. The van der Waals surface area contributed by atoms with Crippen molar-refractivity contribution in [2.45, 2.75) is 6.42 Å². The average Bonchev–Trinajstić information content (AvgIpc) is 1.35. The first-order chi connectivity index (χ1) is 2.77. The fourth-order valence-corrected chi connectivity index (χ4v) is 0.234. The van der Waals surface area contributed by atoms with Crippen LogP contribution in [0.3, 0.4) is 0 Å². The maximum absolute atomic E-state index is 9.52. The van der Waals surface area contributed by atoms with Crippen molar-refractivity contribution < 1.29 is 9.90 Å². The lowest BCUT2D eigenvalue weighted by Gasteiger charge is -1.78. The highest BCUT2D eigenvalue weighted by Crippen LogP contribution is 1.87. The minimum atomic E-state index is -0.843. The Hall–Kier alpha value is -0.180. The van der Waals surface area contributed by atoms with E-state index < -0.39 is 5.97 Å². The molecule has 2 nitrogen and oxygen atoms in total. The van der Waals surface area contributed by atoms with Gasteiger partial charge in [-0.1, -0.05) is 0 Å². The average molecular weight is 105 g/mol. The molecule has 1 radical (unpaired) electrons. The summed E-state index contributed by atoms with van der Waals surface area (Å²) < 4.78 is 0. The summed E-state index contributed by atoms with van der Waals surface area (Å²) in [6, 6.07) is 0. The lowest BCUT2D eigenvalue weighted by molar-refractivity contribution is -0.136. The van der Waals surface area contributed by atoms with Crippen molar-refractivity contribution in [1.82, 2.24) is 0 Å². The van der Waals surface area contributed by atoms with Crippen LogP contribution in [0.4, 0.5) is 0 Å². The second-order valence-corrected chi connectivity index (χ2v) is 1.15. The molecule has 0 saturated heterocycles. The van der Waals surface area contributed by atoms with Crippen LogP contribution >= 0.6 is 12.6 Å². The van der Waals surface area contributed by atoms with Crippen molar-refractivity contribution in [3.63, 3.8) is 0 Å². The number of rotatable bonds is 2. The van der Waals surface area contributed by atoms with Crippen LogP contribution in [0.25, 0.3) is 0 Å². The van der Waals surface area contributed by atoms with Crippen molar-refractivity contribution >= 4 is 18.6 Å². The molecule has 0 heterocycles. The van der Waals surface area contributed by atoms with Gasteiger partial charge in [0.15, 0.2) is 0 Å². The van der Waals surface area contributed by atoms with Crippen LogP contribution in [-0.4, -0.2) is 11.1 Å². The Labute approximate surface area is 41.6 Å². The summed E-state index contributed by atoms with van der Waals surface area (Å²) in [5.41, 5.74) is 0. The fraction of sp³-hybridized carbons (Fsp3) is 0.333. The molecular weight excluding hydrogens is 100 g/mol. The third-order valence-electron chi connectivity index (χ3n) is 0.266. The van der Waals surface area contributed by atoms with Gasteiger partial charge in [0, 0.05) is 5.75 Å². The first-order valence-corrected chi connectivity index (χ1v) is 1.96. The summed E-state index contributed by atoms with van der Waals surface area (Å²) in [5, 5.41) is 7.83. The van der Waals surface area contributed by atoms with E-state index in [4.69, 9.17) is 5.11 Å². The second kappa shape index (κ2) is 3.03. The Bertz CT molecular complexity index is 52.8. The summed E-state index contributed by atoms with van der Waals surface area (Å²) in [5.74, 6) is 0.451. The minimum absolute atomic E-state index is 0.0309. The topological polar surface area (TPSA) is 37.3 Å². The third kappa shape index (κ3) is 3.82. The van der Waals surface area contributed by atoms with Crippen molar-refractivity contribution in [2.75, 3.05) is 0 Å². The molecule has 0 bridgehead atoms. The highest BCUT2D eigenvalue weighted by atomic mass is 32.1. The van der Waals surface area contributed by atoms with E-state index in [0.717, 1.165) is 0 Å². The third-order valence-corrected chi connectivity index (χ3v) is 0.448. The van der Waals surface area contributed by atoms with Gasteiger partial charge in [0.25, 0.3) is 0 Å². The van der Waals surface area contributed by atoms with E-state index in [0.29, 0.717) is 0 Å². The van der Waals surface area contributed by atoms with Crippen molar-refractivity contribution in [1.29, 1.82) is 0 Å². The summed E-state index contributed by atoms with van der Waals surface area (Å²) in [6.45, 7) is 0. The highest BCUT2D eigenvalue weighted by Gasteiger charge is 1.88. The van der Waals surface area contributed by atoms with E-state index in [1.165, 1.54) is 5.75 Å². The predicted octanol–water partition coefficient (Wildman–Crippen LogP) is 0.553. The first kappa shape index (κ1) is 5.82. The summed E-state index contributed by atoms with van der Waals surface area (Å²) in [4.78, 5) is 9.52. The van der Waals surface area contributed by atoms with Gasteiger partial charge in [-0.2, -0.15) is 12.6 Å². The van der Waals surface area contributed by atoms with Gasteiger partial charge in [0.1, 0.15) is 0 Å². The molecule has 0 amide bonds. The van der Waals surface area contributed by atoms with Gasteiger partial charge < -0.3 is 5.11 Å². The van der Waals surface area contributed by atoms with Crippen LogP contribution in [0.2, 0.25) is 0 Å².